The van der Waals surface area contributed by atoms with Crippen molar-refractivity contribution >= 4 is 44.3 Å². The largest absolute Gasteiger partial charge is 0.459 e. The van der Waals surface area contributed by atoms with Gasteiger partial charge >= 0.3 is 11.9 Å². The maximum absolute atomic E-state index is 13.4. The predicted molar refractivity (Wildman–Crippen MR) is 133 cm³/mol. The molecule has 1 unspecified atom stereocenters. The van der Waals surface area contributed by atoms with Gasteiger partial charge in [0.1, 0.15) is 16.9 Å². The van der Waals surface area contributed by atoms with Crippen LogP contribution in [0.2, 0.25) is 0 Å². The van der Waals surface area contributed by atoms with Crippen LogP contribution in [0.3, 0.4) is 0 Å². The second-order valence-corrected chi connectivity index (χ2v) is 9.72. The van der Waals surface area contributed by atoms with E-state index in [9.17, 15) is 22.4 Å². The predicted octanol–water partition coefficient (Wildman–Crippen LogP) is 3.93. The molecule has 9 nitrogen and oxygen atoms in total. The van der Waals surface area contributed by atoms with Crippen molar-refractivity contribution < 1.29 is 27.1 Å². The SMILES string of the molecule is CCOC(=O)C(=O)Nc1ccc(CC(c2nc3ccccc3[nH]2)S(=O)(=O)Nc2ccc(F)cc2)cc1. The number of imidazole rings is 1. The number of esters is 1. The van der Waals surface area contributed by atoms with Crippen LogP contribution in [-0.2, 0) is 30.8 Å². The number of rotatable bonds is 8. The molecule has 1 aromatic heterocycles. The quantitative estimate of drug-likeness (QED) is 0.243. The van der Waals surface area contributed by atoms with E-state index in [4.69, 9.17) is 0 Å². The minimum atomic E-state index is -4.03. The molecular weight excluding hydrogens is 487 g/mol. The number of fused-ring (bicyclic) bond motifs is 1. The highest BCUT2D eigenvalue weighted by molar-refractivity contribution is 7.92. The molecule has 1 heterocycles. The molecule has 36 heavy (non-hydrogen) atoms. The Labute approximate surface area is 206 Å². The van der Waals surface area contributed by atoms with Crippen LogP contribution in [0.15, 0.2) is 72.8 Å². The number of sulfonamides is 1. The molecule has 0 radical (unpaired) electrons. The van der Waals surface area contributed by atoms with Crippen molar-refractivity contribution in [3.63, 3.8) is 0 Å². The molecule has 3 N–H and O–H groups in total. The molecule has 4 rings (SSSR count). The monoisotopic (exact) mass is 510 g/mol. The summed E-state index contributed by atoms with van der Waals surface area (Å²) in [5, 5.41) is 1.31. The zero-order valence-electron chi connectivity index (χ0n) is 19.2. The van der Waals surface area contributed by atoms with Crippen LogP contribution < -0.4 is 10.0 Å². The van der Waals surface area contributed by atoms with Crippen LogP contribution in [-0.4, -0.2) is 36.9 Å². The third-order valence-electron chi connectivity index (χ3n) is 5.29. The van der Waals surface area contributed by atoms with Crippen LogP contribution in [0.4, 0.5) is 15.8 Å². The molecule has 0 fully saturated rings. The summed E-state index contributed by atoms with van der Waals surface area (Å²) < 4.78 is 47.4. The van der Waals surface area contributed by atoms with Gasteiger partial charge in [-0.25, -0.2) is 22.6 Å². The van der Waals surface area contributed by atoms with Crippen LogP contribution in [0.5, 0.6) is 0 Å². The van der Waals surface area contributed by atoms with Crippen LogP contribution in [0.1, 0.15) is 23.6 Å². The van der Waals surface area contributed by atoms with Gasteiger partial charge in [0.15, 0.2) is 0 Å². The standard InChI is InChI=1S/C25H23FN4O5S/c1-2-35-25(32)24(31)27-18-11-7-16(8-12-18)15-22(23-28-20-5-3-4-6-21(20)29-23)36(33,34)30-19-13-9-17(26)10-14-19/h3-14,22,30H,2,15H2,1H3,(H,27,31)(H,28,29). The number of anilines is 2. The maximum Gasteiger partial charge on any atom is 0.397 e. The van der Waals surface area contributed by atoms with Crippen molar-refractivity contribution in [2.45, 2.75) is 18.6 Å². The lowest BCUT2D eigenvalue weighted by Gasteiger charge is -2.18. The average Bonchev–Trinajstić information content (AvgIpc) is 3.28. The van der Waals surface area contributed by atoms with Gasteiger partial charge in [0.2, 0.25) is 10.0 Å². The Balaban J connectivity index is 1.61. The molecule has 4 aromatic rings. The molecule has 186 valence electrons. The van der Waals surface area contributed by atoms with Crippen LogP contribution in [0.25, 0.3) is 11.0 Å². The van der Waals surface area contributed by atoms with E-state index in [1.54, 1.807) is 49.4 Å². The van der Waals surface area contributed by atoms with Gasteiger partial charge in [0, 0.05) is 11.4 Å². The summed E-state index contributed by atoms with van der Waals surface area (Å²) >= 11 is 0. The van der Waals surface area contributed by atoms with E-state index in [1.807, 2.05) is 6.07 Å². The fraction of sp³-hybridized carbons (Fsp3) is 0.160. The summed E-state index contributed by atoms with van der Waals surface area (Å²) in [5.41, 5.74) is 2.51. The van der Waals surface area contributed by atoms with Gasteiger partial charge in [0.05, 0.1) is 17.6 Å². The van der Waals surface area contributed by atoms with E-state index in [2.05, 4.69) is 24.7 Å². The first-order valence-corrected chi connectivity index (χ1v) is 12.6. The first kappa shape index (κ1) is 24.9. The lowest BCUT2D eigenvalue weighted by molar-refractivity contribution is -0.152. The number of nitrogens with zero attached hydrogens (tertiary/aromatic N) is 1. The summed E-state index contributed by atoms with van der Waals surface area (Å²) in [6, 6.07) is 18.6. The Kier molecular flexibility index (Phi) is 7.30. The molecule has 11 heteroatoms. The smallest absolute Gasteiger partial charge is 0.397 e. The van der Waals surface area contributed by atoms with Crippen LogP contribution in [0, 0.1) is 5.82 Å². The minimum Gasteiger partial charge on any atom is -0.459 e. The number of aromatic nitrogens is 2. The Morgan fingerprint density at radius 3 is 2.33 bits per heavy atom. The Bertz CT molecular complexity index is 1450. The van der Waals surface area contributed by atoms with E-state index in [1.165, 1.54) is 12.1 Å². The number of carbonyl (C=O) groups is 2. The second kappa shape index (κ2) is 10.6. The number of hydrogen-bond donors (Lipinski definition) is 3. The lowest BCUT2D eigenvalue weighted by Crippen LogP contribution is -2.25. The van der Waals surface area contributed by atoms with E-state index < -0.39 is 33.0 Å². The Morgan fingerprint density at radius 1 is 1.00 bits per heavy atom. The second-order valence-electron chi connectivity index (χ2n) is 7.86. The van der Waals surface area contributed by atoms with Gasteiger partial charge in [-0.1, -0.05) is 24.3 Å². The average molecular weight is 511 g/mol. The van der Waals surface area contributed by atoms with Gasteiger partial charge in [-0.15, -0.1) is 0 Å². The van der Waals surface area contributed by atoms with Gasteiger partial charge in [-0.3, -0.25) is 9.52 Å². The number of H-pyrrole nitrogens is 1. The summed E-state index contributed by atoms with van der Waals surface area (Å²) in [6.45, 7) is 1.67. The third-order valence-corrected chi connectivity index (χ3v) is 6.94. The van der Waals surface area contributed by atoms with Crippen molar-refractivity contribution in [1.82, 2.24) is 9.97 Å². The van der Waals surface area contributed by atoms with E-state index in [-0.39, 0.29) is 24.5 Å². The van der Waals surface area contributed by atoms with Crippen molar-refractivity contribution in [3.8, 4) is 0 Å². The molecule has 0 aliphatic rings. The zero-order chi connectivity index (χ0) is 25.7. The molecule has 0 saturated heterocycles. The topological polar surface area (TPSA) is 130 Å². The molecule has 1 atom stereocenters. The number of amides is 1. The number of halogens is 1. The van der Waals surface area contributed by atoms with Crippen molar-refractivity contribution in [3.05, 3.63) is 90.0 Å². The summed E-state index contributed by atoms with van der Waals surface area (Å²) in [7, 11) is -4.03. The zero-order valence-corrected chi connectivity index (χ0v) is 20.0. The van der Waals surface area contributed by atoms with Gasteiger partial charge < -0.3 is 15.0 Å². The highest BCUT2D eigenvalue weighted by Gasteiger charge is 2.31. The van der Waals surface area contributed by atoms with E-state index in [0.29, 0.717) is 22.3 Å². The van der Waals surface area contributed by atoms with Gasteiger partial charge in [-0.2, -0.15) is 0 Å². The van der Waals surface area contributed by atoms with E-state index in [0.717, 1.165) is 12.1 Å². The molecule has 0 spiro atoms. The molecule has 0 saturated carbocycles. The number of nitrogens with one attached hydrogen (secondary N) is 3. The number of hydrogen-bond acceptors (Lipinski definition) is 6. The normalized spacial score (nSPS) is 12.2. The highest BCUT2D eigenvalue weighted by atomic mass is 32.2. The first-order valence-electron chi connectivity index (χ1n) is 11.0. The molecule has 0 aliphatic carbocycles. The number of carbonyl (C=O) groups excluding carboxylic acids is 2. The molecule has 0 bridgehead atoms. The van der Waals surface area contributed by atoms with E-state index >= 15 is 0 Å². The van der Waals surface area contributed by atoms with Crippen molar-refractivity contribution in [2.75, 3.05) is 16.6 Å². The van der Waals surface area contributed by atoms with Crippen molar-refractivity contribution in [2.24, 2.45) is 0 Å². The maximum atomic E-state index is 13.4. The molecule has 0 aliphatic heterocycles. The van der Waals surface area contributed by atoms with Crippen molar-refractivity contribution in [1.29, 1.82) is 0 Å². The van der Waals surface area contributed by atoms with Gasteiger partial charge in [0.25, 0.3) is 0 Å². The summed E-state index contributed by atoms with van der Waals surface area (Å²) in [4.78, 5) is 30.9. The first-order chi connectivity index (χ1) is 17.2. The number of benzene rings is 3. The highest BCUT2D eigenvalue weighted by Crippen LogP contribution is 2.29. The molecule has 1 amide bonds. The Morgan fingerprint density at radius 2 is 1.67 bits per heavy atom. The summed E-state index contributed by atoms with van der Waals surface area (Å²) in [6.07, 6.45) is 0.0441. The fourth-order valence-corrected chi connectivity index (χ4v) is 4.97. The summed E-state index contributed by atoms with van der Waals surface area (Å²) in [5.74, 6) is -2.15. The third kappa shape index (κ3) is 5.87. The number of para-hydroxylation sites is 2. The van der Waals surface area contributed by atoms with Gasteiger partial charge in [-0.05, 0) is 67.4 Å². The number of aromatic amines is 1. The minimum absolute atomic E-state index is 0.0441. The molecular formula is C25H23FN4O5S. The molecule has 3 aromatic carbocycles. The fourth-order valence-electron chi connectivity index (χ4n) is 3.55. The van der Waals surface area contributed by atoms with Crippen LogP contribution >= 0.6 is 0 Å². The Hall–Kier alpha value is -4.25. The lowest BCUT2D eigenvalue weighted by atomic mass is 10.1. The number of ether oxygens (including phenoxy) is 1.